The van der Waals surface area contributed by atoms with Crippen molar-refractivity contribution in [2.45, 2.75) is 43.4 Å². The molecule has 1 atom stereocenters. The standard InChI is InChI=1S/C42H41N3S/c1-32(33-19-23-37(24-20-33)44-38-25-21-35(22-26-38)34-13-4-2-5-14-34)12-10-11-31-43-36-27-29-40(30-28-36)45(39-15-6-3-7-16-39)41-17-8-9-18-42(41)46/h3-4,6-27,29,31-32,43-44,46H,2,5,28,30H2,1H3/b12-10-,31-11-. The van der Waals surface area contributed by atoms with Crippen LogP contribution in [0.15, 0.2) is 174 Å². The van der Waals surface area contributed by atoms with E-state index in [1.54, 1.807) is 0 Å². The molecule has 0 aliphatic heterocycles. The van der Waals surface area contributed by atoms with Crippen LogP contribution in [0.5, 0.6) is 0 Å². The summed E-state index contributed by atoms with van der Waals surface area (Å²) in [5.41, 5.74) is 10.7. The van der Waals surface area contributed by atoms with Crippen molar-refractivity contribution >= 4 is 41.0 Å². The third-order valence-electron chi connectivity index (χ3n) is 8.37. The third kappa shape index (κ3) is 8.01. The smallest absolute Gasteiger partial charge is 0.0591 e. The molecule has 0 bridgehead atoms. The zero-order chi connectivity index (χ0) is 31.6. The fraction of sp³-hybridized carbons (Fsp3) is 0.143. The SMILES string of the molecule is CC(/C=C\C=C/NC1=CC=C(N(c2ccccc2)c2ccccc2S)CC1)c1ccc(Nc2ccc(C3=CCCC=C3)cc2)cc1. The highest BCUT2D eigenvalue weighted by Gasteiger charge is 2.18. The van der Waals surface area contributed by atoms with Crippen LogP contribution in [-0.2, 0) is 0 Å². The van der Waals surface area contributed by atoms with Gasteiger partial charge in [0.25, 0.3) is 0 Å². The molecular formula is C42H41N3S. The predicted octanol–water partition coefficient (Wildman–Crippen LogP) is 11.6. The maximum atomic E-state index is 4.75. The summed E-state index contributed by atoms with van der Waals surface area (Å²) in [6.45, 7) is 2.23. The Kier molecular flexibility index (Phi) is 10.4. The average molecular weight is 620 g/mol. The topological polar surface area (TPSA) is 27.3 Å². The lowest BCUT2D eigenvalue weighted by atomic mass is 9.99. The van der Waals surface area contributed by atoms with Gasteiger partial charge in [0.15, 0.2) is 0 Å². The van der Waals surface area contributed by atoms with Gasteiger partial charge in [0.2, 0.25) is 0 Å². The molecule has 4 aromatic rings. The van der Waals surface area contributed by atoms with E-state index in [1.807, 2.05) is 18.3 Å². The minimum Gasteiger partial charge on any atom is -0.365 e. The maximum absolute atomic E-state index is 4.75. The first-order chi connectivity index (χ1) is 22.6. The monoisotopic (exact) mass is 619 g/mol. The van der Waals surface area contributed by atoms with Crippen molar-refractivity contribution in [2.75, 3.05) is 10.2 Å². The van der Waals surface area contributed by atoms with Crippen molar-refractivity contribution in [3.63, 3.8) is 0 Å². The summed E-state index contributed by atoms with van der Waals surface area (Å²) in [6, 6.07) is 36.2. The number of thiol groups is 1. The fourth-order valence-electron chi connectivity index (χ4n) is 5.79. The van der Waals surface area contributed by atoms with Crippen LogP contribution in [0.2, 0.25) is 0 Å². The van der Waals surface area contributed by atoms with Gasteiger partial charge in [-0.1, -0.05) is 91.9 Å². The molecule has 2 aliphatic rings. The number of anilines is 4. The van der Waals surface area contributed by atoms with Crippen LogP contribution >= 0.6 is 12.6 Å². The van der Waals surface area contributed by atoms with Crippen LogP contribution in [0.1, 0.15) is 49.7 Å². The number of benzene rings is 4. The van der Waals surface area contributed by atoms with E-state index < -0.39 is 0 Å². The maximum Gasteiger partial charge on any atom is 0.0591 e. The highest BCUT2D eigenvalue weighted by Crippen LogP contribution is 2.37. The van der Waals surface area contributed by atoms with Gasteiger partial charge >= 0.3 is 0 Å². The summed E-state index contributed by atoms with van der Waals surface area (Å²) < 4.78 is 0. The molecule has 0 fully saturated rings. The molecular weight excluding hydrogens is 579 g/mol. The van der Waals surface area contributed by atoms with Gasteiger partial charge in [-0.25, -0.2) is 0 Å². The normalized spacial score (nSPS) is 15.3. The van der Waals surface area contributed by atoms with Gasteiger partial charge in [-0.15, -0.1) is 12.6 Å². The summed E-state index contributed by atoms with van der Waals surface area (Å²) in [5.74, 6) is 0.313. The van der Waals surface area contributed by atoms with E-state index >= 15 is 0 Å². The Bertz CT molecular complexity index is 1790. The Morgan fingerprint density at radius 2 is 1.50 bits per heavy atom. The number of nitrogens with zero attached hydrogens (tertiary/aromatic N) is 1. The molecule has 6 rings (SSSR count). The number of para-hydroxylation sites is 2. The number of hydrogen-bond donors (Lipinski definition) is 3. The number of rotatable bonds is 11. The zero-order valence-electron chi connectivity index (χ0n) is 26.3. The van der Waals surface area contributed by atoms with Crippen LogP contribution < -0.4 is 15.5 Å². The Morgan fingerprint density at radius 1 is 0.761 bits per heavy atom. The number of hydrogen-bond acceptors (Lipinski definition) is 4. The van der Waals surface area contributed by atoms with Crippen LogP contribution in [-0.4, -0.2) is 0 Å². The lowest BCUT2D eigenvalue weighted by Gasteiger charge is -2.30. The second-order valence-electron chi connectivity index (χ2n) is 11.7. The minimum atomic E-state index is 0.313. The summed E-state index contributed by atoms with van der Waals surface area (Å²) in [4.78, 5) is 3.27. The highest BCUT2D eigenvalue weighted by atomic mass is 32.1. The van der Waals surface area contributed by atoms with Crippen molar-refractivity contribution < 1.29 is 0 Å². The molecule has 4 aromatic carbocycles. The summed E-state index contributed by atoms with van der Waals surface area (Å²) in [5, 5.41) is 7.00. The van der Waals surface area contributed by atoms with E-state index in [1.165, 1.54) is 28.1 Å². The molecule has 0 heterocycles. The third-order valence-corrected chi connectivity index (χ3v) is 8.74. The quantitative estimate of drug-likeness (QED) is 0.115. The van der Waals surface area contributed by atoms with Crippen molar-refractivity contribution in [3.05, 3.63) is 180 Å². The summed E-state index contributed by atoms with van der Waals surface area (Å²) in [7, 11) is 0. The molecule has 2 aliphatic carbocycles. The Hall–Kier alpha value is -4.93. The largest absolute Gasteiger partial charge is 0.365 e. The van der Waals surface area contributed by atoms with E-state index in [9.17, 15) is 0 Å². The van der Waals surface area contributed by atoms with E-state index in [2.05, 4.69) is 162 Å². The van der Waals surface area contributed by atoms with Crippen molar-refractivity contribution in [3.8, 4) is 0 Å². The molecule has 0 saturated heterocycles. The highest BCUT2D eigenvalue weighted by molar-refractivity contribution is 7.80. The second-order valence-corrected chi connectivity index (χ2v) is 12.1. The van der Waals surface area contributed by atoms with E-state index in [0.29, 0.717) is 5.92 Å². The first-order valence-corrected chi connectivity index (χ1v) is 16.6. The van der Waals surface area contributed by atoms with Crippen molar-refractivity contribution in [1.82, 2.24) is 5.32 Å². The predicted molar refractivity (Wildman–Crippen MR) is 200 cm³/mol. The second kappa shape index (κ2) is 15.4. The molecule has 1 unspecified atom stereocenters. The van der Waals surface area contributed by atoms with Crippen molar-refractivity contribution in [2.24, 2.45) is 0 Å². The zero-order valence-corrected chi connectivity index (χ0v) is 27.2. The molecule has 3 nitrogen and oxygen atoms in total. The average Bonchev–Trinajstić information content (AvgIpc) is 3.11. The number of allylic oxidation sites excluding steroid dienone is 11. The Labute approximate surface area is 279 Å². The first-order valence-electron chi connectivity index (χ1n) is 16.1. The molecule has 46 heavy (non-hydrogen) atoms. The van der Waals surface area contributed by atoms with Gasteiger partial charge in [-0.3, -0.25) is 0 Å². The molecule has 4 heteroatoms. The van der Waals surface area contributed by atoms with E-state index in [4.69, 9.17) is 12.6 Å². The lowest BCUT2D eigenvalue weighted by molar-refractivity contribution is 0.817. The Morgan fingerprint density at radius 3 is 2.20 bits per heavy atom. The van der Waals surface area contributed by atoms with Crippen LogP contribution in [0, 0.1) is 0 Å². The minimum absolute atomic E-state index is 0.313. The molecule has 0 amide bonds. The van der Waals surface area contributed by atoms with E-state index in [-0.39, 0.29) is 0 Å². The van der Waals surface area contributed by atoms with Crippen LogP contribution in [0.4, 0.5) is 22.7 Å². The molecule has 0 saturated carbocycles. The molecule has 230 valence electrons. The summed E-state index contributed by atoms with van der Waals surface area (Å²) >= 11 is 4.75. The van der Waals surface area contributed by atoms with Crippen LogP contribution in [0.3, 0.4) is 0 Å². The van der Waals surface area contributed by atoms with E-state index in [0.717, 1.165) is 53.3 Å². The van der Waals surface area contributed by atoms with Gasteiger partial charge in [-0.05, 0) is 115 Å². The number of nitrogens with one attached hydrogen (secondary N) is 2. The molecule has 2 N–H and O–H groups in total. The summed E-state index contributed by atoms with van der Waals surface area (Å²) in [6.07, 6.45) is 23.8. The van der Waals surface area contributed by atoms with Gasteiger partial charge in [0, 0.05) is 39.6 Å². The van der Waals surface area contributed by atoms with Gasteiger partial charge < -0.3 is 15.5 Å². The fourth-order valence-corrected chi connectivity index (χ4v) is 6.05. The van der Waals surface area contributed by atoms with Crippen LogP contribution in [0.25, 0.3) is 5.57 Å². The Balaban J connectivity index is 1.01. The van der Waals surface area contributed by atoms with Gasteiger partial charge in [0.05, 0.1) is 5.69 Å². The molecule has 0 spiro atoms. The molecule has 0 aromatic heterocycles. The van der Waals surface area contributed by atoms with Gasteiger partial charge in [0.1, 0.15) is 0 Å². The molecule has 0 radical (unpaired) electrons. The van der Waals surface area contributed by atoms with Gasteiger partial charge in [-0.2, -0.15) is 0 Å². The lowest BCUT2D eigenvalue weighted by Crippen LogP contribution is -2.20. The first kappa shape index (κ1) is 31.1. The van der Waals surface area contributed by atoms with Crippen molar-refractivity contribution in [1.29, 1.82) is 0 Å².